The molecule has 5 nitrogen and oxygen atoms in total. The molecule has 1 aliphatic heterocycles. The minimum atomic E-state index is -0.799. The predicted molar refractivity (Wildman–Crippen MR) is 81.4 cm³/mol. The summed E-state index contributed by atoms with van der Waals surface area (Å²) < 4.78 is 0. The lowest BCUT2D eigenvalue weighted by Gasteiger charge is -2.17. The largest absolute Gasteiger partial charge is 0.481 e. The van der Waals surface area contributed by atoms with Gasteiger partial charge in [-0.3, -0.25) is 4.79 Å². The van der Waals surface area contributed by atoms with Gasteiger partial charge in [0, 0.05) is 25.2 Å². The third-order valence-corrected chi connectivity index (χ3v) is 3.98. The van der Waals surface area contributed by atoms with Crippen LogP contribution in [0.1, 0.15) is 31.7 Å². The molecule has 1 aromatic carbocycles. The first-order chi connectivity index (χ1) is 10.1. The van der Waals surface area contributed by atoms with Gasteiger partial charge in [-0.25, -0.2) is 4.79 Å². The van der Waals surface area contributed by atoms with Gasteiger partial charge in [0.1, 0.15) is 0 Å². The van der Waals surface area contributed by atoms with E-state index in [9.17, 15) is 9.59 Å². The van der Waals surface area contributed by atoms with Gasteiger partial charge in [-0.1, -0.05) is 25.5 Å². The number of carbonyl (C=O) groups is 2. The average Bonchev–Trinajstić information content (AvgIpc) is 2.95. The predicted octanol–water partition coefficient (Wildman–Crippen LogP) is 2.97. The number of rotatable bonds is 5. The zero-order chi connectivity index (χ0) is 15.2. The van der Waals surface area contributed by atoms with Crippen molar-refractivity contribution in [3.05, 3.63) is 29.8 Å². The lowest BCUT2D eigenvalue weighted by molar-refractivity contribution is -0.136. The van der Waals surface area contributed by atoms with Crippen molar-refractivity contribution in [2.75, 3.05) is 18.4 Å². The summed E-state index contributed by atoms with van der Waals surface area (Å²) in [5.74, 6) is -0.180. The summed E-state index contributed by atoms with van der Waals surface area (Å²) in [6.07, 6.45) is 2.83. The van der Waals surface area contributed by atoms with E-state index in [-0.39, 0.29) is 12.5 Å². The molecule has 0 saturated carbocycles. The van der Waals surface area contributed by atoms with Crippen LogP contribution in [0.2, 0.25) is 0 Å². The molecule has 1 fully saturated rings. The van der Waals surface area contributed by atoms with Crippen molar-refractivity contribution in [3.8, 4) is 0 Å². The lowest BCUT2D eigenvalue weighted by atomic mass is 10.1. The van der Waals surface area contributed by atoms with E-state index in [1.54, 1.807) is 0 Å². The number of carboxylic acids is 1. The molecule has 5 heteroatoms. The summed E-state index contributed by atoms with van der Waals surface area (Å²) in [5.41, 5.74) is 1.71. The minimum Gasteiger partial charge on any atom is -0.481 e. The van der Waals surface area contributed by atoms with Gasteiger partial charge in [0.25, 0.3) is 0 Å². The molecule has 1 saturated heterocycles. The number of nitrogens with one attached hydrogen (secondary N) is 1. The Morgan fingerprint density at radius 2 is 2.05 bits per heavy atom. The smallest absolute Gasteiger partial charge is 0.321 e. The first kappa shape index (κ1) is 15.4. The van der Waals surface area contributed by atoms with Crippen molar-refractivity contribution in [1.82, 2.24) is 4.90 Å². The normalized spacial score (nSPS) is 17.8. The summed E-state index contributed by atoms with van der Waals surface area (Å²) in [7, 11) is 0. The molecule has 1 atom stereocenters. The van der Waals surface area contributed by atoms with Crippen LogP contribution in [-0.4, -0.2) is 35.1 Å². The topological polar surface area (TPSA) is 69.6 Å². The number of amides is 2. The molecule has 0 spiro atoms. The van der Waals surface area contributed by atoms with Crippen LogP contribution >= 0.6 is 0 Å². The van der Waals surface area contributed by atoms with E-state index in [1.165, 1.54) is 0 Å². The Labute approximate surface area is 125 Å². The first-order valence-corrected chi connectivity index (χ1v) is 7.45. The van der Waals surface area contributed by atoms with Crippen LogP contribution < -0.4 is 5.32 Å². The number of aryl methyl sites for hydroxylation is 1. The van der Waals surface area contributed by atoms with E-state index in [4.69, 9.17) is 5.11 Å². The maximum Gasteiger partial charge on any atom is 0.321 e. The van der Waals surface area contributed by atoms with Crippen LogP contribution in [0, 0.1) is 5.92 Å². The number of urea groups is 1. The van der Waals surface area contributed by atoms with Gasteiger partial charge in [-0.15, -0.1) is 0 Å². The third-order valence-electron chi connectivity index (χ3n) is 3.98. The van der Waals surface area contributed by atoms with E-state index < -0.39 is 5.97 Å². The van der Waals surface area contributed by atoms with Crippen molar-refractivity contribution < 1.29 is 14.7 Å². The Hall–Kier alpha value is -2.04. The second-order valence-electron chi connectivity index (χ2n) is 5.53. The van der Waals surface area contributed by atoms with Gasteiger partial charge >= 0.3 is 12.0 Å². The summed E-state index contributed by atoms with van der Waals surface area (Å²) in [6, 6.07) is 7.31. The van der Waals surface area contributed by atoms with Gasteiger partial charge in [0.05, 0.1) is 0 Å². The number of nitrogens with zero attached hydrogens (tertiary/aromatic N) is 1. The number of carbonyl (C=O) groups excluding carboxylic acids is 1. The number of aliphatic carboxylic acids is 1. The van der Waals surface area contributed by atoms with Crippen molar-refractivity contribution in [3.63, 3.8) is 0 Å². The van der Waals surface area contributed by atoms with Crippen molar-refractivity contribution in [2.24, 2.45) is 5.92 Å². The van der Waals surface area contributed by atoms with Gasteiger partial charge < -0.3 is 15.3 Å². The molecule has 114 valence electrons. The number of carboxylic acid groups (broad SMARTS) is 1. The molecule has 2 amide bonds. The van der Waals surface area contributed by atoms with E-state index in [1.807, 2.05) is 29.2 Å². The number of hydrogen-bond donors (Lipinski definition) is 2. The second kappa shape index (κ2) is 7.11. The van der Waals surface area contributed by atoms with E-state index >= 15 is 0 Å². The molecule has 21 heavy (non-hydrogen) atoms. The molecule has 1 unspecified atom stereocenters. The molecule has 0 aromatic heterocycles. The summed E-state index contributed by atoms with van der Waals surface area (Å²) in [6.45, 7) is 3.81. The molecule has 1 heterocycles. The Kier molecular flexibility index (Phi) is 5.20. The molecule has 2 N–H and O–H groups in total. The van der Waals surface area contributed by atoms with Crippen LogP contribution in [0.5, 0.6) is 0 Å². The zero-order valence-corrected chi connectivity index (χ0v) is 12.3. The molecular formula is C16H22N2O3. The molecule has 2 rings (SSSR count). The van der Waals surface area contributed by atoms with Gasteiger partial charge in [0.2, 0.25) is 0 Å². The molecule has 1 aliphatic rings. The molecular weight excluding hydrogens is 268 g/mol. The average molecular weight is 290 g/mol. The Bertz CT molecular complexity index is 499. The SMILES string of the molecule is CCC1CCN(C(=O)Nc2ccc(CCC(=O)O)cc2)C1. The van der Waals surface area contributed by atoms with Gasteiger partial charge in [0.15, 0.2) is 0 Å². The van der Waals surface area contributed by atoms with Crippen LogP contribution in [0.25, 0.3) is 0 Å². The monoisotopic (exact) mass is 290 g/mol. The van der Waals surface area contributed by atoms with Crippen LogP contribution in [0.3, 0.4) is 0 Å². The number of hydrogen-bond acceptors (Lipinski definition) is 2. The number of likely N-dealkylation sites (tertiary alicyclic amines) is 1. The molecule has 1 aromatic rings. The van der Waals surface area contributed by atoms with Crippen LogP contribution in [-0.2, 0) is 11.2 Å². The van der Waals surface area contributed by atoms with Crippen molar-refractivity contribution in [2.45, 2.75) is 32.6 Å². The Balaban J connectivity index is 1.85. The maximum absolute atomic E-state index is 12.1. The quantitative estimate of drug-likeness (QED) is 0.876. The van der Waals surface area contributed by atoms with Gasteiger partial charge in [-0.05, 0) is 36.5 Å². The molecule has 0 aliphatic carbocycles. The standard InChI is InChI=1S/C16H22N2O3/c1-2-12-9-10-18(11-12)16(21)17-14-6-3-13(4-7-14)5-8-15(19)20/h3-4,6-7,12H,2,5,8-11H2,1H3,(H,17,21)(H,19,20). The Morgan fingerprint density at radius 1 is 1.33 bits per heavy atom. The van der Waals surface area contributed by atoms with E-state index in [0.717, 1.165) is 37.2 Å². The highest BCUT2D eigenvalue weighted by Gasteiger charge is 2.24. The first-order valence-electron chi connectivity index (χ1n) is 7.45. The summed E-state index contributed by atoms with van der Waals surface area (Å²) in [4.78, 5) is 24.5. The number of benzene rings is 1. The fourth-order valence-electron chi connectivity index (χ4n) is 2.56. The highest BCUT2D eigenvalue weighted by Crippen LogP contribution is 2.20. The van der Waals surface area contributed by atoms with Crippen molar-refractivity contribution >= 4 is 17.7 Å². The third kappa shape index (κ3) is 4.48. The van der Waals surface area contributed by atoms with Crippen LogP contribution in [0.15, 0.2) is 24.3 Å². The maximum atomic E-state index is 12.1. The Morgan fingerprint density at radius 3 is 2.62 bits per heavy atom. The lowest BCUT2D eigenvalue weighted by Crippen LogP contribution is -2.32. The van der Waals surface area contributed by atoms with Gasteiger partial charge in [-0.2, -0.15) is 0 Å². The highest BCUT2D eigenvalue weighted by atomic mass is 16.4. The number of anilines is 1. The second-order valence-corrected chi connectivity index (χ2v) is 5.53. The summed E-state index contributed by atoms with van der Waals surface area (Å²) in [5, 5.41) is 11.5. The molecule has 0 bridgehead atoms. The highest BCUT2D eigenvalue weighted by molar-refractivity contribution is 5.89. The summed E-state index contributed by atoms with van der Waals surface area (Å²) >= 11 is 0. The van der Waals surface area contributed by atoms with E-state index in [2.05, 4.69) is 12.2 Å². The fraction of sp³-hybridized carbons (Fsp3) is 0.500. The minimum absolute atomic E-state index is 0.0516. The fourth-order valence-corrected chi connectivity index (χ4v) is 2.56. The molecule has 0 radical (unpaired) electrons. The van der Waals surface area contributed by atoms with Crippen LogP contribution in [0.4, 0.5) is 10.5 Å². The van der Waals surface area contributed by atoms with Crippen molar-refractivity contribution in [1.29, 1.82) is 0 Å². The van der Waals surface area contributed by atoms with E-state index in [0.29, 0.717) is 12.3 Å². The zero-order valence-electron chi connectivity index (χ0n) is 12.3.